The Morgan fingerprint density at radius 3 is 2.66 bits per heavy atom. The lowest BCUT2D eigenvalue weighted by Crippen LogP contribution is -2.39. The summed E-state index contributed by atoms with van der Waals surface area (Å²) in [6, 6.07) is 13.8. The standard InChI is InChI=1S/C22H20F2N4O/c23-16-7-9-17(10-8-16)26-22-25-12-11-20(27-22)15-4-3-13-28(14-15)21(29)18-5-1-2-6-19(18)24/h1-2,5-12,15H,3-4,13-14H2,(H,25,26,27). The number of hydrogen-bond acceptors (Lipinski definition) is 4. The van der Waals surface area contributed by atoms with E-state index in [1.165, 1.54) is 24.3 Å². The molecule has 4 rings (SSSR count). The molecule has 1 aromatic heterocycles. The zero-order valence-corrected chi connectivity index (χ0v) is 15.7. The molecule has 1 fully saturated rings. The van der Waals surface area contributed by atoms with E-state index in [1.807, 2.05) is 6.07 Å². The summed E-state index contributed by atoms with van der Waals surface area (Å²) in [5.74, 6) is -0.672. The maximum atomic E-state index is 14.0. The Hall–Kier alpha value is -3.35. The molecular formula is C22H20F2N4O. The fourth-order valence-corrected chi connectivity index (χ4v) is 3.53. The molecule has 2 heterocycles. The fraction of sp³-hybridized carbons (Fsp3) is 0.227. The van der Waals surface area contributed by atoms with Gasteiger partial charge in [-0.2, -0.15) is 0 Å². The quantitative estimate of drug-likeness (QED) is 0.707. The molecule has 7 heteroatoms. The van der Waals surface area contributed by atoms with E-state index < -0.39 is 5.82 Å². The second kappa shape index (κ2) is 8.34. The summed E-state index contributed by atoms with van der Waals surface area (Å²) >= 11 is 0. The summed E-state index contributed by atoms with van der Waals surface area (Å²) in [7, 11) is 0. The van der Waals surface area contributed by atoms with Crippen molar-refractivity contribution in [2.24, 2.45) is 0 Å². The average Bonchev–Trinajstić information content (AvgIpc) is 2.76. The third-order valence-electron chi connectivity index (χ3n) is 5.01. The maximum absolute atomic E-state index is 14.0. The van der Waals surface area contributed by atoms with E-state index in [-0.39, 0.29) is 23.2 Å². The van der Waals surface area contributed by atoms with Crippen LogP contribution in [0.25, 0.3) is 0 Å². The van der Waals surface area contributed by atoms with Gasteiger partial charge in [0.25, 0.3) is 5.91 Å². The smallest absolute Gasteiger partial charge is 0.256 e. The Labute approximate surface area is 167 Å². The number of anilines is 2. The van der Waals surface area contributed by atoms with Crippen LogP contribution in [-0.4, -0.2) is 33.9 Å². The van der Waals surface area contributed by atoms with Crippen molar-refractivity contribution in [3.63, 3.8) is 0 Å². The van der Waals surface area contributed by atoms with Crippen LogP contribution in [0.5, 0.6) is 0 Å². The molecule has 0 spiro atoms. The first-order valence-corrected chi connectivity index (χ1v) is 9.49. The Balaban J connectivity index is 1.49. The molecule has 1 aliphatic heterocycles. The molecule has 3 aromatic rings. The van der Waals surface area contributed by atoms with Crippen molar-refractivity contribution in [1.29, 1.82) is 0 Å². The van der Waals surface area contributed by atoms with Gasteiger partial charge >= 0.3 is 0 Å². The number of rotatable bonds is 4. The van der Waals surface area contributed by atoms with E-state index in [1.54, 1.807) is 35.4 Å². The van der Waals surface area contributed by atoms with E-state index in [9.17, 15) is 13.6 Å². The number of aromatic nitrogens is 2. The average molecular weight is 394 g/mol. The number of benzene rings is 2. The molecule has 1 aliphatic rings. The van der Waals surface area contributed by atoms with Gasteiger partial charge in [-0.3, -0.25) is 4.79 Å². The monoisotopic (exact) mass is 394 g/mol. The minimum Gasteiger partial charge on any atom is -0.338 e. The SMILES string of the molecule is O=C(c1ccccc1F)N1CCCC(c2ccnc(Nc3ccc(F)cc3)n2)C1. The lowest BCUT2D eigenvalue weighted by atomic mass is 9.94. The highest BCUT2D eigenvalue weighted by atomic mass is 19.1. The van der Waals surface area contributed by atoms with Crippen LogP contribution in [0.1, 0.15) is 34.8 Å². The van der Waals surface area contributed by atoms with Crippen molar-refractivity contribution < 1.29 is 13.6 Å². The Kier molecular flexibility index (Phi) is 5.46. The number of carbonyl (C=O) groups excluding carboxylic acids is 1. The van der Waals surface area contributed by atoms with Crippen LogP contribution in [0.2, 0.25) is 0 Å². The molecule has 1 amide bonds. The van der Waals surface area contributed by atoms with Crippen LogP contribution >= 0.6 is 0 Å². The molecule has 1 N–H and O–H groups in total. The Bertz CT molecular complexity index is 1010. The van der Waals surface area contributed by atoms with Crippen LogP contribution in [-0.2, 0) is 0 Å². The molecule has 5 nitrogen and oxygen atoms in total. The Morgan fingerprint density at radius 2 is 1.86 bits per heavy atom. The third-order valence-corrected chi connectivity index (χ3v) is 5.01. The van der Waals surface area contributed by atoms with E-state index in [4.69, 9.17) is 0 Å². The maximum Gasteiger partial charge on any atom is 0.256 e. The van der Waals surface area contributed by atoms with Crippen molar-refractivity contribution >= 4 is 17.5 Å². The van der Waals surface area contributed by atoms with Gasteiger partial charge in [0.15, 0.2) is 0 Å². The van der Waals surface area contributed by atoms with Gasteiger partial charge in [0.05, 0.1) is 11.3 Å². The normalized spacial score (nSPS) is 16.5. The largest absolute Gasteiger partial charge is 0.338 e. The molecule has 0 aliphatic carbocycles. The summed E-state index contributed by atoms with van der Waals surface area (Å²) in [6.45, 7) is 1.07. The zero-order chi connectivity index (χ0) is 20.2. The highest BCUT2D eigenvalue weighted by Crippen LogP contribution is 2.27. The van der Waals surface area contributed by atoms with Gasteiger partial charge in [0, 0.05) is 30.9 Å². The summed E-state index contributed by atoms with van der Waals surface area (Å²) < 4.78 is 27.1. The van der Waals surface area contributed by atoms with E-state index in [0.29, 0.717) is 24.7 Å². The minimum absolute atomic E-state index is 0.0382. The number of halogens is 2. The van der Waals surface area contributed by atoms with Gasteiger partial charge in [-0.15, -0.1) is 0 Å². The van der Waals surface area contributed by atoms with Gasteiger partial charge in [-0.25, -0.2) is 18.7 Å². The first-order valence-electron chi connectivity index (χ1n) is 9.49. The van der Waals surface area contributed by atoms with Crippen LogP contribution in [0.15, 0.2) is 60.8 Å². The number of carbonyl (C=O) groups is 1. The van der Waals surface area contributed by atoms with Crippen molar-refractivity contribution in [3.8, 4) is 0 Å². The lowest BCUT2D eigenvalue weighted by Gasteiger charge is -2.32. The first kappa shape index (κ1) is 19.0. The lowest BCUT2D eigenvalue weighted by molar-refractivity contribution is 0.0701. The highest BCUT2D eigenvalue weighted by molar-refractivity contribution is 5.94. The summed E-state index contributed by atoms with van der Waals surface area (Å²) in [4.78, 5) is 23.2. The summed E-state index contributed by atoms with van der Waals surface area (Å²) in [5.41, 5.74) is 1.59. The molecule has 2 aromatic carbocycles. The van der Waals surface area contributed by atoms with Crippen molar-refractivity contribution in [2.45, 2.75) is 18.8 Å². The topological polar surface area (TPSA) is 58.1 Å². The van der Waals surface area contributed by atoms with Crippen LogP contribution in [0.4, 0.5) is 20.4 Å². The highest BCUT2D eigenvalue weighted by Gasteiger charge is 2.27. The Morgan fingerprint density at radius 1 is 1.07 bits per heavy atom. The van der Waals surface area contributed by atoms with Crippen LogP contribution < -0.4 is 5.32 Å². The number of hydrogen-bond donors (Lipinski definition) is 1. The summed E-state index contributed by atoms with van der Waals surface area (Å²) in [6.07, 6.45) is 3.36. The molecule has 1 saturated heterocycles. The van der Waals surface area contributed by atoms with Crippen molar-refractivity contribution in [3.05, 3.63) is 83.7 Å². The third kappa shape index (κ3) is 4.39. The van der Waals surface area contributed by atoms with E-state index in [2.05, 4.69) is 15.3 Å². The minimum atomic E-state index is -0.507. The first-order chi connectivity index (χ1) is 14.1. The summed E-state index contributed by atoms with van der Waals surface area (Å²) in [5, 5.41) is 3.06. The predicted molar refractivity (Wildman–Crippen MR) is 106 cm³/mol. The molecule has 1 atom stereocenters. The number of piperidine rings is 1. The van der Waals surface area contributed by atoms with Crippen molar-refractivity contribution in [2.75, 3.05) is 18.4 Å². The van der Waals surface area contributed by atoms with Gasteiger partial charge in [0.1, 0.15) is 11.6 Å². The van der Waals surface area contributed by atoms with Gasteiger partial charge in [-0.05, 0) is 55.3 Å². The molecule has 29 heavy (non-hydrogen) atoms. The van der Waals surface area contributed by atoms with E-state index in [0.717, 1.165) is 18.5 Å². The van der Waals surface area contributed by atoms with Gasteiger partial charge < -0.3 is 10.2 Å². The molecule has 148 valence electrons. The number of likely N-dealkylation sites (tertiary alicyclic amines) is 1. The second-order valence-electron chi connectivity index (χ2n) is 7.01. The number of nitrogens with one attached hydrogen (secondary N) is 1. The number of amides is 1. The van der Waals surface area contributed by atoms with Crippen LogP contribution in [0, 0.1) is 11.6 Å². The van der Waals surface area contributed by atoms with Crippen molar-refractivity contribution in [1.82, 2.24) is 14.9 Å². The molecule has 1 unspecified atom stereocenters. The van der Waals surface area contributed by atoms with Gasteiger partial charge in [0.2, 0.25) is 5.95 Å². The van der Waals surface area contributed by atoms with E-state index >= 15 is 0 Å². The molecule has 0 bridgehead atoms. The van der Waals surface area contributed by atoms with Crippen LogP contribution in [0.3, 0.4) is 0 Å². The predicted octanol–water partition coefficient (Wildman–Crippen LogP) is 4.52. The zero-order valence-electron chi connectivity index (χ0n) is 15.7. The fourth-order valence-electron chi connectivity index (χ4n) is 3.53. The van der Waals surface area contributed by atoms with Gasteiger partial charge in [-0.1, -0.05) is 12.1 Å². The molecule has 0 saturated carbocycles. The molecule has 0 radical (unpaired) electrons. The second-order valence-corrected chi connectivity index (χ2v) is 7.01. The number of nitrogens with zero attached hydrogens (tertiary/aromatic N) is 3. The molecular weight excluding hydrogens is 374 g/mol.